The van der Waals surface area contributed by atoms with Crippen molar-refractivity contribution in [3.63, 3.8) is 0 Å². The molecule has 0 aliphatic heterocycles. The molecule has 19 heavy (non-hydrogen) atoms. The van der Waals surface area contributed by atoms with Gasteiger partial charge in [-0.2, -0.15) is 0 Å². The van der Waals surface area contributed by atoms with Crippen molar-refractivity contribution in [3.05, 3.63) is 57.6 Å². The molecule has 0 saturated heterocycles. The van der Waals surface area contributed by atoms with Gasteiger partial charge in [0.1, 0.15) is 0 Å². The van der Waals surface area contributed by atoms with Crippen molar-refractivity contribution >= 4 is 27.7 Å². The summed E-state index contributed by atoms with van der Waals surface area (Å²) in [5.74, 6) is 0. The van der Waals surface area contributed by atoms with E-state index in [-0.39, 0.29) is 6.04 Å². The standard InChI is InChI=1S/C16H18BrNS/c1-10-4-5-11(2)15(8-10)19-16-9-13(17)6-7-14(16)12(3)18/h4-9,12H,18H2,1-3H3. The maximum atomic E-state index is 6.06. The summed E-state index contributed by atoms with van der Waals surface area (Å²) in [4.78, 5) is 2.51. The van der Waals surface area contributed by atoms with Crippen LogP contribution in [0.2, 0.25) is 0 Å². The number of hydrogen-bond donors (Lipinski definition) is 1. The molecule has 0 spiro atoms. The average Bonchev–Trinajstić information content (AvgIpc) is 2.33. The summed E-state index contributed by atoms with van der Waals surface area (Å²) in [6, 6.07) is 12.9. The van der Waals surface area contributed by atoms with E-state index >= 15 is 0 Å². The van der Waals surface area contributed by atoms with Gasteiger partial charge in [-0.1, -0.05) is 45.9 Å². The summed E-state index contributed by atoms with van der Waals surface area (Å²) in [7, 11) is 0. The van der Waals surface area contributed by atoms with E-state index in [1.54, 1.807) is 11.8 Å². The van der Waals surface area contributed by atoms with Gasteiger partial charge in [-0.05, 0) is 55.7 Å². The van der Waals surface area contributed by atoms with Crippen LogP contribution >= 0.6 is 27.7 Å². The first-order chi connectivity index (χ1) is 8.97. The number of halogens is 1. The van der Waals surface area contributed by atoms with Gasteiger partial charge in [0.05, 0.1) is 0 Å². The molecule has 0 aliphatic rings. The monoisotopic (exact) mass is 335 g/mol. The molecule has 2 rings (SSSR count). The van der Waals surface area contributed by atoms with Crippen molar-refractivity contribution in [1.82, 2.24) is 0 Å². The summed E-state index contributed by atoms with van der Waals surface area (Å²) >= 11 is 5.33. The van der Waals surface area contributed by atoms with E-state index in [0.29, 0.717) is 0 Å². The molecule has 0 bridgehead atoms. The number of aryl methyl sites for hydroxylation is 2. The van der Waals surface area contributed by atoms with Crippen LogP contribution in [0.1, 0.15) is 29.7 Å². The minimum Gasteiger partial charge on any atom is -0.324 e. The first-order valence-corrected chi connectivity index (χ1v) is 7.88. The Hall–Kier alpha value is -0.770. The molecule has 0 radical (unpaired) electrons. The lowest BCUT2D eigenvalue weighted by Gasteiger charge is -2.14. The van der Waals surface area contributed by atoms with E-state index in [2.05, 4.69) is 60.1 Å². The molecular weight excluding hydrogens is 318 g/mol. The Bertz CT molecular complexity index is 593. The van der Waals surface area contributed by atoms with Crippen molar-refractivity contribution in [1.29, 1.82) is 0 Å². The smallest absolute Gasteiger partial charge is 0.0277 e. The number of nitrogens with two attached hydrogens (primary N) is 1. The van der Waals surface area contributed by atoms with Gasteiger partial charge in [-0.15, -0.1) is 0 Å². The van der Waals surface area contributed by atoms with E-state index in [1.807, 2.05) is 13.0 Å². The van der Waals surface area contributed by atoms with E-state index in [0.717, 1.165) is 4.47 Å². The van der Waals surface area contributed by atoms with Crippen LogP contribution in [0.4, 0.5) is 0 Å². The number of hydrogen-bond acceptors (Lipinski definition) is 2. The fourth-order valence-corrected chi connectivity index (χ4v) is 3.69. The predicted molar refractivity (Wildman–Crippen MR) is 86.8 cm³/mol. The third-order valence-electron chi connectivity index (χ3n) is 3.03. The topological polar surface area (TPSA) is 26.0 Å². The maximum absolute atomic E-state index is 6.06. The molecule has 100 valence electrons. The molecule has 2 aromatic carbocycles. The Morgan fingerprint density at radius 2 is 1.79 bits per heavy atom. The minimum absolute atomic E-state index is 0.0423. The Morgan fingerprint density at radius 1 is 1.05 bits per heavy atom. The highest BCUT2D eigenvalue weighted by molar-refractivity contribution is 9.10. The van der Waals surface area contributed by atoms with Crippen LogP contribution in [0, 0.1) is 13.8 Å². The van der Waals surface area contributed by atoms with Gasteiger partial charge in [-0.25, -0.2) is 0 Å². The first-order valence-electron chi connectivity index (χ1n) is 6.27. The molecule has 0 aliphatic carbocycles. The molecule has 1 nitrogen and oxygen atoms in total. The zero-order chi connectivity index (χ0) is 14.0. The lowest BCUT2D eigenvalue weighted by molar-refractivity contribution is 0.797. The molecule has 2 aromatic rings. The van der Waals surface area contributed by atoms with Gasteiger partial charge in [0, 0.05) is 20.3 Å². The highest BCUT2D eigenvalue weighted by atomic mass is 79.9. The Morgan fingerprint density at radius 3 is 2.47 bits per heavy atom. The second-order valence-electron chi connectivity index (χ2n) is 4.84. The first kappa shape index (κ1) is 14.6. The number of benzene rings is 2. The van der Waals surface area contributed by atoms with Gasteiger partial charge >= 0.3 is 0 Å². The SMILES string of the molecule is Cc1ccc(C)c(Sc2cc(Br)ccc2C(C)N)c1. The second kappa shape index (κ2) is 6.12. The summed E-state index contributed by atoms with van der Waals surface area (Å²) in [5.41, 5.74) is 9.83. The van der Waals surface area contributed by atoms with E-state index in [9.17, 15) is 0 Å². The van der Waals surface area contributed by atoms with Crippen molar-refractivity contribution in [2.45, 2.75) is 36.6 Å². The minimum atomic E-state index is 0.0423. The molecule has 0 amide bonds. The zero-order valence-corrected chi connectivity index (χ0v) is 13.8. The van der Waals surface area contributed by atoms with Crippen LogP contribution in [0.15, 0.2) is 50.7 Å². The van der Waals surface area contributed by atoms with Crippen molar-refractivity contribution < 1.29 is 0 Å². The van der Waals surface area contributed by atoms with Crippen LogP contribution in [0.3, 0.4) is 0 Å². The fourth-order valence-electron chi connectivity index (χ4n) is 1.91. The van der Waals surface area contributed by atoms with E-state index in [1.165, 1.54) is 26.5 Å². The van der Waals surface area contributed by atoms with Crippen LogP contribution < -0.4 is 5.73 Å². The molecular formula is C16H18BrNS. The molecule has 2 N–H and O–H groups in total. The molecule has 0 fully saturated rings. The maximum Gasteiger partial charge on any atom is 0.0277 e. The van der Waals surface area contributed by atoms with Crippen LogP contribution in [0.5, 0.6) is 0 Å². The Balaban J connectivity index is 2.42. The van der Waals surface area contributed by atoms with Gasteiger partial charge in [0.2, 0.25) is 0 Å². The van der Waals surface area contributed by atoms with Crippen LogP contribution in [-0.4, -0.2) is 0 Å². The number of rotatable bonds is 3. The largest absolute Gasteiger partial charge is 0.324 e. The third-order valence-corrected chi connectivity index (χ3v) is 4.76. The normalized spacial score (nSPS) is 12.5. The van der Waals surface area contributed by atoms with E-state index < -0.39 is 0 Å². The molecule has 1 unspecified atom stereocenters. The van der Waals surface area contributed by atoms with E-state index in [4.69, 9.17) is 5.73 Å². The summed E-state index contributed by atoms with van der Waals surface area (Å²) < 4.78 is 1.09. The van der Waals surface area contributed by atoms with Crippen LogP contribution in [-0.2, 0) is 0 Å². The Labute approximate surface area is 127 Å². The lowest BCUT2D eigenvalue weighted by Crippen LogP contribution is -2.06. The van der Waals surface area contributed by atoms with Crippen molar-refractivity contribution in [2.75, 3.05) is 0 Å². The quantitative estimate of drug-likeness (QED) is 0.830. The van der Waals surface area contributed by atoms with Crippen molar-refractivity contribution in [2.24, 2.45) is 5.73 Å². The zero-order valence-electron chi connectivity index (χ0n) is 11.4. The highest BCUT2D eigenvalue weighted by Gasteiger charge is 2.10. The van der Waals surface area contributed by atoms with Crippen molar-refractivity contribution in [3.8, 4) is 0 Å². The molecule has 0 aromatic heterocycles. The second-order valence-corrected chi connectivity index (χ2v) is 6.84. The summed E-state index contributed by atoms with van der Waals surface area (Å²) in [6.45, 7) is 6.29. The van der Waals surface area contributed by atoms with Gasteiger partial charge < -0.3 is 5.73 Å². The predicted octanol–water partition coefficient (Wildman–Crippen LogP) is 5.24. The molecule has 0 heterocycles. The Kier molecular flexibility index (Phi) is 4.71. The third kappa shape index (κ3) is 3.62. The molecule has 0 saturated carbocycles. The molecule has 3 heteroatoms. The summed E-state index contributed by atoms with van der Waals surface area (Å²) in [6.07, 6.45) is 0. The van der Waals surface area contributed by atoms with Gasteiger partial charge in [0.25, 0.3) is 0 Å². The van der Waals surface area contributed by atoms with Gasteiger partial charge in [0.15, 0.2) is 0 Å². The fraction of sp³-hybridized carbons (Fsp3) is 0.250. The lowest BCUT2D eigenvalue weighted by atomic mass is 10.1. The average molecular weight is 336 g/mol. The summed E-state index contributed by atoms with van der Waals surface area (Å²) in [5, 5.41) is 0. The highest BCUT2D eigenvalue weighted by Crippen LogP contribution is 2.36. The van der Waals surface area contributed by atoms with Crippen LogP contribution in [0.25, 0.3) is 0 Å². The van der Waals surface area contributed by atoms with Gasteiger partial charge in [-0.3, -0.25) is 0 Å². The molecule has 1 atom stereocenters.